The van der Waals surface area contributed by atoms with Crippen LogP contribution in [0.3, 0.4) is 0 Å². The Morgan fingerprint density at radius 3 is 2.31 bits per heavy atom. The third-order valence-electron chi connectivity index (χ3n) is 4.97. The topological polar surface area (TPSA) is 68.9 Å². The lowest BCUT2D eigenvalue weighted by atomic mass is 10.0. The molecule has 1 heterocycles. The van der Waals surface area contributed by atoms with Crippen LogP contribution in [0, 0.1) is 6.92 Å². The number of benzene rings is 3. The zero-order valence-electron chi connectivity index (χ0n) is 16.4. The van der Waals surface area contributed by atoms with Crippen LogP contribution >= 0.6 is 0 Å². The SMILES string of the molecule is COc1ccc(C(=O)c2oc3cc(-c4ccccc4)cc(O)c3c2C)cc1OC. The van der Waals surface area contributed by atoms with Gasteiger partial charge < -0.3 is 19.0 Å². The van der Waals surface area contributed by atoms with E-state index in [1.54, 1.807) is 31.2 Å². The minimum Gasteiger partial charge on any atom is -0.507 e. The summed E-state index contributed by atoms with van der Waals surface area (Å²) in [6.07, 6.45) is 0. The molecular weight excluding hydrogens is 368 g/mol. The number of aromatic hydroxyl groups is 1. The molecular formula is C24H20O5. The predicted molar refractivity (Wildman–Crippen MR) is 111 cm³/mol. The monoisotopic (exact) mass is 388 g/mol. The molecule has 146 valence electrons. The number of methoxy groups -OCH3 is 2. The Morgan fingerprint density at radius 1 is 0.897 bits per heavy atom. The van der Waals surface area contributed by atoms with Gasteiger partial charge in [0, 0.05) is 11.1 Å². The minimum atomic E-state index is -0.291. The van der Waals surface area contributed by atoms with Crippen molar-refractivity contribution in [2.24, 2.45) is 0 Å². The standard InChI is InChI=1S/C24H20O5/c1-14-22-18(25)11-17(15-7-5-4-6-8-15)13-21(22)29-24(14)23(26)16-9-10-19(27-2)20(12-16)28-3/h4-13,25H,1-3H3. The summed E-state index contributed by atoms with van der Waals surface area (Å²) >= 11 is 0. The van der Waals surface area contributed by atoms with Crippen molar-refractivity contribution in [3.63, 3.8) is 0 Å². The number of phenolic OH excluding ortho intramolecular Hbond substituents is 1. The Labute approximate surface area is 168 Å². The summed E-state index contributed by atoms with van der Waals surface area (Å²) in [5, 5.41) is 11.1. The first-order valence-electron chi connectivity index (χ1n) is 9.11. The molecule has 5 nitrogen and oxygen atoms in total. The van der Waals surface area contributed by atoms with E-state index in [2.05, 4.69) is 0 Å². The van der Waals surface area contributed by atoms with Crippen LogP contribution in [-0.2, 0) is 0 Å². The molecule has 0 aliphatic heterocycles. The lowest BCUT2D eigenvalue weighted by Gasteiger charge is -2.08. The van der Waals surface area contributed by atoms with E-state index in [9.17, 15) is 9.90 Å². The van der Waals surface area contributed by atoms with Crippen LogP contribution in [0.5, 0.6) is 17.2 Å². The highest BCUT2D eigenvalue weighted by atomic mass is 16.5. The zero-order valence-corrected chi connectivity index (χ0v) is 16.4. The maximum Gasteiger partial charge on any atom is 0.228 e. The fourth-order valence-corrected chi connectivity index (χ4v) is 3.48. The van der Waals surface area contributed by atoms with Crippen molar-refractivity contribution in [2.75, 3.05) is 14.2 Å². The Hall–Kier alpha value is -3.73. The number of hydrogen-bond acceptors (Lipinski definition) is 5. The van der Waals surface area contributed by atoms with Crippen molar-refractivity contribution in [3.8, 4) is 28.4 Å². The Kier molecular flexibility index (Phi) is 4.72. The molecule has 4 aromatic rings. The maximum atomic E-state index is 13.1. The number of carbonyl (C=O) groups excluding carboxylic acids is 1. The number of ketones is 1. The van der Waals surface area contributed by atoms with Crippen LogP contribution in [0.4, 0.5) is 0 Å². The van der Waals surface area contributed by atoms with Gasteiger partial charge >= 0.3 is 0 Å². The normalized spacial score (nSPS) is 10.9. The first-order valence-corrected chi connectivity index (χ1v) is 9.11. The summed E-state index contributed by atoms with van der Waals surface area (Å²) < 4.78 is 16.4. The smallest absolute Gasteiger partial charge is 0.228 e. The fourth-order valence-electron chi connectivity index (χ4n) is 3.48. The van der Waals surface area contributed by atoms with Crippen molar-refractivity contribution in [1.29, 1.82) is 0 Å². The molecule has 1 N–H and O–H groups in total. The second kappa shape index (κ2) is 7.36. The summed E-state index contributed by atoms with van der Waals surface area (Å²) in [5.41, 5.74) is 3.23. The molecule has 4 rings (SSSR count). The van der Waals surface area contributed by atoms with Crippen molar-refractivity contribution >= 4 is 16.8 Å². The van der Waals surface area contributed by atoms with Crippen LogP contribution in [0.1, 0.15) is 21.7 Å². The molecule has 0 radical (unpaired) electrons. The number of furan rings is 1. The lowest BCUT2D eigenvalue weighted by Crippen LogP contribution is -2.02. The molecule has 3 aromatic carbocycles. The highest BCUT2D eigenvalue weighted by Crippen LogP contribution is 2.38. The lowest BCUT2D eigenvalue weighted by molar-refractivity contribution is 0.101. The van der Waals surface area contributed by atoms with Gasteiger partial charge in [-0.1, -0.05) is 30.3 Å². The minimum absolute atomic E-state index is 0.0777. The van der Waals surface area contributed by atoms with Gasteiger partial charge in [-0.3, -0.25) is 4.79 Å². The summed E-state index contributed by atoms with van der Waals surface area (Å²) in [5.74, 6) is 0.971. The highest BCUT2D eigenvalue weighted by molar-refractivity contribution is 6.11. The molecule has 0 amide bonds. The summed E-state index contributed by atoms with van der Waals surface area (Å²) in [7, 11) is 3.05. The van der Waals surface area contributed by atoms with Gasteiger partial charge in [0.25, 0.3) is 0 Å². The van der Waals surface area contributed by atoms with Gasteiger partial charge in [-0.15, -0.1) is 0 Å². The third kappa shape index (κ3) is 3.21. The van der Waals surface area contributed by atoms with E-state index >= 15 is 0 Å². The number of phenols is 1. The van der Waals surface area contributed by atoms with Crippen LogP contribution in [0.15, 0.2) is 65.1 Å². The van der Waals surface area contributed by atoms with Crippen molar-refractivity contribution in [3.05, 3.63) is 77.6 Å². The summed E-state index contributed by atoms with van der Waals surface area (Å²) in [6, 6.07) is 18.2. The average molecular weight is 388 g/mol. The number of rotatable bonds is 5. The number of ether oxygens (including phenoxy) is 2. The third-order valence-corrected chi connectivity index (χ3v) is 4.97. The molecule has 1 aromatic heterocycles. The average Bonchev–Trinajstić information content (AvgIpc) is 3.10. The molecule has 0 aliphatic carbocycles. The van der Waals surface area contributed by atoms with Crippen LogP contribution in [0.2, 0.25) is 0 Å². The van der Waals surface area contributed by atoms with Crippen LogP contribution in [0.25, 0.3) is 22.1 Å². The Morgan fingerprint density at radius 2 is 1.62 bits per heavy atom. The molecule has 0 saturated carbocycles. The van der Waals surface area contributed by atoms with Crippen LogP contribution < -0.4 is 9.47 Å². The number of fused-ring (bicyclic) bond motifs is 1. The van der Waals surface area contributed by atoms with Gasteiger partial charge in [0.2, 0.25) is 5.78 Å². The van der Waals surface area contributed by atoms with Gasteiger partial charge in [-0.25, -0.2) is 0 Å². The van der Waals surface area contributed by atoms with E-state index in [1.165, 1.54) is 14.2 Å². The molecule has 0 saturated heterocycles. The van der Waals surface area contributed by atoms with E-state index < -0.39 is 0 Å². The number of carbonyl (C=O) groups is 1. The largest absolute Gasteiger partial charge is 0.507 e. The van der Waals surface area contributed by atoms with Crippen molar-refractivity contribution < 1.29 is 23.8 Å². The second-order valence-corrected chi connectivity index (χ2v) is 6.69. The van der Waals surface area contributed by atoms with E-state index in [0.717, 1.165) is 11.1 Å². The Bertz CT molecular complexity index is 1210. The quantitative estimate of drug-likeness (QED) is 0.466. The molecule has 5 heteroatoms. The molecule has 0 aliphatic rings. The molecule has 0 spiro atoms. The first kappa shape index (κ1) is 18.6. The van der Waals surface area contributed by atoms with E-state index in [1.807, 2.05) is 36.4 Å². The summed E-state index contributed by atoms with van der Waals surface area (Å²) in [6.45, 7) is 1.77. The van der Waals surface area contributed by atoms with Crippen molar-refractivity contribution in [1.82, 2.24) is 0 Å². The first-order chi connectivity index (χ1) is 14.0. The molecule has 0 fully saturated rings. The maximum absolute atomic E-state index is 13.1. The molecule has 0 atom stereocenters. The number of aryl methyl sites for hydroxylation is 1. The molecule has 0 bridgehead atoms. The van der Waals surface area contributed by atoms with E-state index in [0.29, 0.717) is 33.6 Å². The van der Waals surface area contributed by atoms with Gasteiger partial charge in [-0.05, 0) is 48.4 Å². The van der Waals surface area contributed by atoms with Crippen LogP contribution in [-0.4, -0.2) is 25.1 Å². The number of hydrogen-bond donors (Lipinski definition) is 1. The zero-order chi connectivity index (χ0) is 20.5. The van der Waals surface area contributed by atoms with Gasteiger partial charge in [0.1, 0.15) is 11.3 Å². The fraction of sp³-hybridized carbons (Fsp3) is 0.125. The predicted octanol–water partition coefficient (Wildman–Crippen LogP) is 5.36. The molecule has 29 heavy (non-hydrogen) atoms. The van der Waals surface area contributed by atoms with E-state index in [4.69, 9.17) is 13.9 Å². The molecule has 0 unspecified atom stereocenters. The highest BCUT2D eigenvalue weighted by Gasteiger charge is 2.23. The summed E-state index contributed by atoms with van der Waals surface area (Å²) in [4.78, 5) is 13.1. The second-order valence-electron chi connectivity index (χ2n) is 6.69. The van der Waals surface area contributed by atoms with Gasteiger partial charge in [-0.2, -0.15) is 0 Å². The van der Waals surface area contributed by atoms with Crippen molar-refractivity contribution in [2.45, 2.75) is 6.92 Å². The van der Waals surface area contributed by atoms with E-state index in [-0.39, 0.29) is 17.3 Å². The van der Waals surface area contributed by atoms with Gasteiger partial charge in [0.05, 0.1) is 19.6 Å². The Balaban J connectivity index is 1.81. The van der Waals surface area contributed by atoms with Gasteiger partial charge in [0.15, 0.2) is 17.3 Å².